The number of imide groups is 1. The topological polar surface area (TPSA) is 113 Å². The van der Waals surface area contributed by atoms with Crippen molar-refractivity contribution >= 4 is 11.9 Å². The number of urea groups is 1. The van der Waals surface area contributed by atoms with Gasteiger partial charge in [-0.25, -0.2) is 9.48 Å². The van der Waals surface area contributed by atoms with Crippen LogP contribution in [0.2, 0.25) is 0 Å². The van der Waals surface area contributed by atoms with Gasteiger partial charge in [0.25, 0.3) is 5.91 Å². The second kappa shape index (κ2) is 7.86. The molecule has 1 unspecified atom stereocenters. The van der Waals surface area contributed by atoms with Gasteiger partial charge in [0.15, 0.2) is 0 Å². The van der Waals surface area contributed by atoms with Gasteiger partial charge in [0.1, 0.15) is 18.4 Å². The molecule has 3 amide bonds. The molecule has 1 fully saturated rings. The molecular weight excluding hydrogens is 348 g/mol. The van der Waals surface area contributed by atoms with Gasteiger partial charge in [-0.2, -0.15) is 5.26 Å². The van der Waals surface area contributed by atoms with Crippen LogP contribution in [-0.4, -0.2) is 51.0 Å². The van der Waals surface area contributed by atoms with Crippen molar-refractivity contribution in [2.75, 3.05) is 13.2 Å². The molecule has 0 spiro atoms. The van der Waals surface area contributed by atoms with Crippen LogP contribution in [-0.2, 0) is 11.2 Å². The number of aromatic nitrogens is 3. The monoisotopic (exact) mass is 368 g/mol. The molecule has 1 atom stereocenters. The van der Waals surface area contributed by atoms with E-state index in [1.807, 2.05) is 19.9 Å². The molecule has 1 N–H and O–H groups in total. The van der Waals surface area contributed by atoms with Crippen LogP contribution in [0, 0.1) is 11.3 Å². The zero-order chi connectivity index (χ0) is 19.4. The Morgan fingerprint density at radius 3 is 2.67 bits per heavy atom. The fourth-order valence-corrected chi connectivity index (χ4v) is 2.68. The maximum absolute atomic E-state index is 12.5. The van der Waals surface area contributed by atoms with Gasteiger partial charge in [-0.3, -0.25) is 9.69 Å². The Balaban J connectivity index is 1.53. The molecule has 1 aromatic carbocycles. The van der Waals surface area contributed by atoms with Crippen molar-refractivity contribution in [3.63, 3.8) is 0 Å². The molecule has 3 rings (SSSR count). The SMILES string of the molecule is CC(C)n1cc(CC2NC(=O)N(CCOc3ccc(C#N)cc3)C2=O)nn1. The predicted octanol–water partition coefficient (Wildman–Crippen LogP) is 1.27. The molecule has 0 aliphatic carbocycles. The Bertz CT molecular complexity index is 868. The maximum atomic E-state index is 12.5. The zero-order valence-corrected chi connectivity index (χ0v) is 15.1. The van der Waals surface area contributed by atoms with Gasteiger partial charge in [0.2, 0.25) is 0 Å². The molecule has 0 radical (unpaired) electrons. The molecule has 27 heavy (non-hydrogen) atoms. The van der Waals surface area contributed by atoms with Gasteiger partial charge in [-0.05, 0) is 38.1 Å². The lowest BCUT2D eigenvalue weighted by atomic mass is 10.1. The van der Waals surface area contributed by atoms with Crippen molar-refractivity contribution in [3.05, 3.63) is 41.7 Å². The molecule has 1 aliphatic heterocycles. The number of carbonyl (C=O) groups excluding carboxylic acids is 2. The summed E-state index contributed by atoms with van der Waals surface area (Å²) in [5.74, 6) is 0.269. The number of nitrogens with zero attached hydrogens (tertiary/aromatic N) is 5. The lowest BCUT2D eigenvalue weighted by Gasteiger charge is -2.13. The summed E-state index contributed by atoms with van der Waals surface area (Å²) in [6, 6.07) is 7.74. The van der Waals surface area contributed by atoms with Crippen LogP contribution in [0.4, 0.5) is 4.79 Å². The molecule has 140 valence electrons. The summed E-state index contributed by atoms with van der Waals surface area (Å²) in [6.07, 6.45) is 2.07. The number of rotatable bonds is 7. The van der Waals surface area contributed by atoms with Gasteiger partial charge in [0.05, 0.1) is 23.9 Å². The number of nitrogens with one attached hydrogen (secondary N) is 1. The minimum absolute atomic E-state index is 0.139. The normalized spacial score (nSPS) is 16.5. The minimum atomic E-state index is -0.648. The minimum Gasteiger partial charge on any atom is -0.492 e. The average Bonchev–Trinajstić information content (AvgIpc) is 3.23. The molecule has 1 saturated heterocycles. The molecule has 1 aliphatic rings. The molecule has 9 nitrogen and oxygen atoms in total. The van der Waals surface area contributed by atoms with Gasteiger partial charge in [0, 0.05) is 18.7 Å². The van der Waals surface area contributed by atoms with Crippen molar-refractivity contribution in [2.24, 2.45) is 0 Å². The number of hydrogen-bond donors (Lipinski definition) is 1. The fraction of sp³-hybridized carbons (Fsp3) is 0.389. The predicted molar refractivity (Wildman–Crippen MR) is 94.8 cm³/mol. The van der Waals surface area contributed by atoms with Crippen LogP contribution in [0.1, 0.15) is 31.1 Å². The number of carbonyl (C=O) groups is 2. The van der Waals surface area contributed by atoms with Crippen LogP contribution < -0.4 is 10.1 Å². The maximum Gasteiger partial charge on any atom is 0.324 e. The number of ether oxygens (including phenoxy) is 1. The average molecular weight is 368 g/mol. The first kappa shape index (κ1) is 18.4. The molecule has 0 bridgehead atoms. The zero-order valence-electron chi connectivity index (χ0n) is 15.1. The van der Waals surface area contributed by atoms with Crippen molar-refractivity contribution in [1.82, 2.24) is 25.2 Å². The first-order valence-electron chi connectivity index (χ1n) is 8.63. The Morgan fingerprint density at radius 1 is 1.30 bits per heavy atom. The highest BCUT2D eigenvalue weighted by Gasteiger charge is 2.38. The van der Waals surface area contributed by atoms with Crippen molar-refractivity contribution < 1.29 is 14.3 Å². The standard InChI is InChI=1S/C18H20N6O3/c1-12(2)24-11-14(21-22-24)9-16-17(25)23(18(26)20-16)7-8-27-15-5-3-13(10-19)4-6-15/h3-6,11-12,16H,7-9H2,1-2H3,(H,20,26). The Hall–Kier alpha value is -3.41. The number of hydrogen-bond acceptors (Lipinski definition) is 6. The van der Waals surface area contributed by atoms with E-state index in [1.165, 1.54) is 0 Å². The van der Waals surface area contributed by atoms with E-state index in [0.717, 1.165) is 4.90 Å². The summed E-state index contributed by atoms with van der Waals surface area (Å²) < 4.78 is 7.25. The molecule has 1 aromatic heterocycles. The largest absolute Gasteiger partial charge is 0.492 e. The molecular formula is C18H20N6O3. The second-order valence-electron chi connectivity index (χ2n) is 6.46. The van der Waals surface area contributed by atoms with Crippen LogP contribution in [0.15, 0.2) is 30.5 Å². The number of benzene rings is 1. The van der Waals surface area contributed by atoms with Gasteiger partial charge in [-0.1, -0.05) is 5.21 Å². The summed E-state index contributed by atoms with van der Waals surface area (Å²) >= 11 is 0. The van der Waals surface area contributed by atoms with Crippen molar-refractivity contribution in [3.8, 4) is 11.8 Å². The summed E-state index contributed by atoms with van der Waals surface area (Å²) in [4.78, 5) is 25.7. The summed E-state index contributed by atoms with van der Waals surface area (Å²) in [7, 11) is 0. The van der Waals surface area contributed by atoms with E-state index in [9.17, 15) is 9.59 Å². The van der Waals surface area contributed by atoms with Crippen LogP contribution in [0.3, 0.4) is 0 Å². The van der Waals surface area contributed by atoms with Crippen molar-refractivity contribution in [1.29, 1.82) is 5.26 Å². The Kier molecular flexibility index (Phi) is 5.35. The quantitative estimate of drug-likeness (QED) is 0.737. The van der Waals surface area contributed by atoms with E-state index in [-0.39, 0.29) is 25.1 Å². The first-order valence-corrected chi connectivity index (χ1v) is 8.63. The summed E-state index contributed by atoms with van der Waals surface area (Å²) in [5, 5.41) is 19.5. The Labute approximate surface area is 156 Å². The van der Waals surface area contributed by atoms with E-state index in [1.54, 1.807) is 35.1 Å². The molecule has 2 heterocycles. The Morgan fingerprint density at radius 2 is 2.04 bits per heavy atom. The van der Waals surface area contributed by atoms with E-state index in [2.05, 4.69) is 15.6 Å². The van der Waals surface area contributed by atoms with Gasteiger partial charge in [-0.15, -0.1) is 5.10 Å². The van der Waals surface area contributed by atoms with E-state index < -0.39 is 12.1 Å². The third-order valence-corrected chi connectivity index (χ3v) is 4.17. The molecule has 2 aromatic rings. The van der Waals surface area contributed by atoms with E-state index in [4.69, 9.17) is 10.00 Å². The highest BCUT2D eigenvalue weighted by Crippen LogP contribution is 2.14. The lowest BCUT2D eigenvalue weighted by molar-refractivity contribution is -0.127. The number of nitriles is 1. The highest BCUT2D eigenvalue weighted by molar-refractivity contribution is 6.04. The number of amides is 3. The van der Waals surface area contributed by atoms with Crippen molar-refractivity contribution in [2.45, 2.75) is 32.4 Å². The van der Waals surface area contributed by atoms with Gasteiger partial charge >= 0.3 is 6.03 Å². The second-order valence-corrected chi connectivity index (χ2v) is 6.46. The van der Waals surface area contributed by atoms with E-state index >= 15 is 0 Å². The molecule has 9 heteroatoms. The fourth-order valence-electron chi connectivity index (χ4n) is 2.68. The van der Waals surface area contributed by atoms with Gasteiger partial charge < -0.3 is 10.1 Å². The molecule has 0 saturated carbocycles. The highest BCUT2D eigenvalue weighted by atomic mass is 16.5. The lowest BCUT2D eigenvalue weighted by Crippen LogP contribution is -2.35. The van der Waals surface area contributed by atoms with Crippen LogP contribution in [0.5, 0.6) is 5.75 Å². The smallest absolute Gasteiger partial charge is 0.324 e. The third-order valence-electron chi connectivity index (χ3n) is 4.17. The summed E-state index contributed by atoms with van der Waals surface area (Å²) in [5.41, 5.74) is 1.19. The van der Waals surface area contributed by atoms with Crippen LogP contribution >= 0.6 is 0 Å². The summed E-state index contributed by atoms with van der Waals surface area (Å²) in [6.45, 7) is 4.27. The third kappa shape index (κ3) is 4.23. The van der Waals surface area contributed by atoms with E-state index in [0.29, 0.717) is 23.4 Å². The van der Waals surface area contributed by atoms with Crippen LogP contribution in [0.25, 0.3) is 0 Å². The first-order chi connectivity index (χ1) is 13.0.